The molecule has 0 aliphatic heterocycles. The van der Waals surface area contributed by atoms with Gasteiger partial charge in [0.2, 0.25) is 5.91 Å². The Hall–Kier alpha value is -4.97. The summed E-state index contributed by atoms with van der Waals surface area (Å²) in [5, 5.41) is 4.05. The van der Waals surface area contributed by atoms with Gasteiger partial charge in [-0.2, -0.15) is 9.59 Å². The van der Waals surface area contributed by atoms with Crippen LogP contribution in [0.3, 0.4) is 0 Å². The Bertz CT molecular complexity index is 1590. The fourth-order valence-corrected chi connectivity index (χ4v) is 4.44. The number of carbonyl (C=O) groups is 1. The number of hydrogen-bond donors (Lipinski definition) is 2. The average molecular weight is 535 g/mol. The largest absolute Gasteiger partial charge is 0.489 e. The van der Waals surface area contributed by atoms with Crippen LogP contribution in [0.15, 0.2) is 108 Å². The third kappa shape index (κ3) is 7.54. The van der Waals surface area contributed by atoms with E-state index in [4.69, 9.17) is 24.5 Å². The molecule has 1 heterocycles. The molecule has 0 saturated heterocycles. The van der Waals surface area contributed by atoms with Crippen molar-refractivity contribution in [1.29, 1.82) is 0 Å². The number of rotatable bonds is 10. The van der Waals surface area contributed by atoms with Gasteiger partial charge in [0.25, 0.3) is 0 Å². The van der Waals surface area contributed by atoms with Crippen LogP contribution in [0, 0.1) is 0 Å². The van der Waals surface area contributed by atoms with Crippen LogP contribution >= 0.6 is 0 Å². The molecule has 4 aromatic carbocycles. The summed E-state index contributed by atoms with van der Waals surface area (Å²) in [7, 11) is 0. The van der Waals surface area contributed by atoms with Gasteiger partial charge in [0.1, 0.15) is 17.9 Å². The highest BCUT2D eigenvalue weighted by molar-refractivity contribution is 5.93. The summed E-state index contributed by atoms with van der Waals surface area (Å²) in [5.74, 6) is 0.776. The normalized spacial score (nSPS) is 10.3. The van der Waals surface area contributed by atoms with Gasteiger partial charge in [-0.3, -0.25) is 4.79 Å². The van der Waals surface area contributed by atoms with E-state index in [1.54, 1.807) is 6.26 Å². The number of fused-ring (bicyclic) bond motifs is 1. The highest BCUT2D eigenvalue weighted by Crippen LogP contribution is 2.32. The fourth-order valence-electron chi connectivity index (χ4n) is 4.44. The minimum atomic E-state index is 0.0217. The summed E-state index contributed by atoms with van der Waals surface area (Å²) < 4.78 is 12.0. The van der Waals surface area contributed by atoms with Crippen LogP contribution < -0.4 is 15.8 Å². The molecule has 0 atom stereocenters. The van der Waals surface area contributed by atoms with Gasteiger partial charge in [-0.25, -0.2) is 0 Å². The number of carbonyl (C=O) groups excluding carboxylic acids is 3. The number of hydrogen-bond acceptors (Lipinski definition) is 6. The Morgan fingerprint density at radius 1 is 0.850 bits per heavy atom. The lowest BCUT2D eigenvalue weighted by atomic mass is 9.99. The van der Waals surface area contributed by atoms with Crippen molar-refractivity contribution < 1.29 is 23.5 Å². The molecule has 5 rings (SSSR count). The molecular weight excluding hydrogens is 504 g/mol. The van der Waals surface area contributed by atoms with Crippen molar-refractivity contribution in [1.82, 2.24) is 5.32 Å². The first-order chi connectivity index (χ1) is 19.6. The summed E-state index contributed by atoms with van der Waals surface area (Å²) >= 11 is 0. The molecule has 5 aromatic rings. The van der Waals surface area contributed by atoms with E-state index in [9.17, 15) is 4.79 Å². The number of nitrogens with two attached hydrogens (primary N) is 1. The first kappa shape index (κ1) is 28.0. The van der Waals surface area contributed by atoms with Crippen LogP contribution in [0.2, 0.25) is 0 Å². The molecule has 7 nitrogen and oxygen atoms in total. The van der Waals surface area contributed by atoms with E-state index in [2.05, 4.69) is 29.6 Å². The molecule has 0 aliphatic carbocycles. The number of ether oxygens (including phenoxy) is 1. The van der Waals surface area contributed by atoms with Crippen LogP contribution in [0.25, 0.3) is 22.1 Å². The minimum absolute atomic E-state index is 0.0217. The Morgan fingerprint density at radius 2 is 1.60 bits per heavy atom. The summed E-state index contributed by atoms with van der Waals surface area (Å²) in [6, 6.07) is 32.2. The predicted octanol–water partition coefficient (Wildman–Crippen LogP) is 5.80. The second-order valence-corrected chi connectivity index (χ2v) is 9.13. The molecule has 3 N–H and O–H groups in total. The second-order valence-electron chi connectivity index (χ2n) is 9.13. The van der Waals surface area contributed by atoms with Crippen molar-refractivity contribution in [3.63, 3.8) is 0 Å². The topological polar surface area (TPSA) is 112 Å². The number of furan rings is 1. The standard InChI is InChI=1S/C32H30N2O3.CO2/c33-20-24-9-6-11-26(17-24)29-19-25(18-27-15-16-36-32(27)29)22-37-30-12-5-4-10-28(30)21-34-31(35)14-13-23-7-2-1-3-8-23;2-1-3/h1-12,15-19H,13-14,20-22,33H2,(H,34,35);. The molecule has 0 saturated carbocycles. The number of aryl methyl sites for hydroxylation is 1. The Labute approximate surface area is 232 Å². The van der Waals surface area contributed by atoms with Gasteiger partial charge in [0.15, 0.2) is 0 Å². The van der Waals surface area contributed by atoms with Gasteiger partial charge in [0, 0.05) is 36.0 Å². The predicted molar refractivity (Wildman–Crippen MR) is 152 cm³/mol. The zero-order valence-electron chi connectivity index (χ0n) is 22.0. The van der Waals surface area contributed by atoms with E-state index in [0.717, 1.165) is 56.5 Å². The monoisotopic (exact) mass is 534 g/mol. The maximum absolute atomic E-state index is 12.4. The third-order valence-corrected chi connectivity index (χ3v) is 6.41. The molecule has 202 valence electrons. The van der Waals surface area contributed by atoms with E-state index >= 15 is 0 Å². The van der Waals surface area contributed by atoms with Crippen LogP contribution in [0.1, 0.15) is 28.7 Å². The SMILES string of the molecule is NCc1cccc(-c2cc(COc3ccccc3CNC(=O)CCc3ccccc3)cc3ccoc23)c1.O=C=O. The number of benzene rings is 4. The lowest BCUT2D eigenvalue weighted by Gasteiger charge is -2.14. The first-order valence-electron chi connectivity index (χ1n) is 12.9. The number of para-hydroxylation sites is 1. The highest BCUT2D eigenvalue weighted by Gasteiger charge is 2.12. The van der Waals surface area contributed by atoms with Gasteiger partial charge in [-0.1, -0.05) is 66.7 Å². The molecule has 0 unspecified atom stereocenters. The Morgan fingerprint density at radius 3 is 2.40 bits per heavy atom. The van der Waals surface area contributed by atoms with Crippen molar-refractivity contribution in [2.75, 3.05) is 0 Å². The van der Waals surface area contributed by atoms with Crippen molar-refractivity contribution >= 4 is 23.0 Å². The molecule has 40 heavy (non-hydrogen) atoms. The highest BCUT2D eigenvalue weighted by atomic mass is 16.5. The Kier molecular flexibility index (Phi) is 10.00. The first-order valence-corrected chi connectivity index (χ1v) is 12.9. The molecule has 0 bridgehead atoms. The quantitative estimate of drug-likeness (QED) is 0.234. The van der Waals surface area contributed by atoms with E-state index in [1.165, 1.54) is 0 Å². The van der Waals surface area contributed by atoms with E-state index in [1.807, 2.05) is 72.8 Å². The van der Waals surface area contributed by atoms with Crippen LogP contribution in [0.4, 0.5) is 0 Å². The van der Waals surface area contributed by atoms with Gasteiger partial charge < -0.3 is 20.2 Å². The zero-order valence-corrected chi connectivity index (χ0v) is 22.0. The Balaban J connectivity index is 0.00000118. The van der Waals surface area contributed by atoms with Gasteiger partial charge in [-0.05, 0) is 59.0 Å². The maximum atomic E-state index is 12.4. The summed E-state index contributed by atoms with van der Waals surface area (Å²) in [4.78, 5) is 28.7. The van der Waals surface area contributed by atoms with Gasteiger partial charge in [0.05, 0.1) is 6.26 Å². The van der Waals surface area contributed by atoms with Crippen LogP contribution in [0.5, 0.6) is 5.75 Å². The van der Waals surface area contributed by atoms with Crippen molar-refractivity contribution in [2.45, 2.75) is 32.5 Å². The van der Waals surface area contributed by atoms with Crippen LogP contribution in [-0.2, 0) is 40.5 Å². The molecule has 1 aromatic heterocycles. The van der Waals surface area contributed by atoms with Gasteiger partial charge in [-0.15, -0.1) is 0 Å². The maximum Gasteiger partial charge on any atom is 0.373 e. The van der Waals surface area contributed by atoms with Crippen molar-refractivity contribution in [3.8, 4) is 16.9 Å². The zero-order chi connectivity index (χ0) is 28.2. The van der Waals surface area contributed by atoms with Crippen molar-refractivity contribution in [3.05, 3.63) is 126 Å². The second kappa shape index (κ2) is 14.3. The number of nitrogens with one attached hydrogen (secondary N) is 1. The van der Waals surface area contributed by atoms with Gasteiger partial charge >= 0.3 is 6.15 Å². The number of amides is 1. The third-order valence-electron chi connectivity index (χ3n) is 6.41. The smallest absolute Gasteiger partial charge is 0.373 e. The lowest BCUT2D eigenvalue weighted by Crippen LogP contribution is -2.23. The summed E-state index contributed by atoms with van der Waals surface area (Å²) in [5.41, 5.74) is 13.0. The van der Waals surface area contributed by atoms with E-state index in [0.29, 0.717) is 26.1 Å². The summed E-state index contributed by atoms with van der Waals surface area (Å²) in [6.45, 7) is 1.29. The molecule has 0 aliphatic rings. The van der Waals surface area contributed by atoms with Crippen LogP contribution in [-0.4, -0.2) is 12.1 Å². The lowest BCUT2D eigenvalue weighted by molar-refractivity contribution is -0.191. The van der Waals surface area contributed by atoms with E-state index in [-0.39, 0.29) is 12.1 Å². The molecular formula is C33H30N2O5. The molecule has 0 spiro atoms. The van der Waals surface area contributed by atoms with Crippen molar-refractivity contribution in [2.24, 2.45) is 5.73 Å². The average Bonchev–Trinajstić information content (AvgIpc) is 3.48. The molecule has 7 heteroatoms. The summed E-state index contributed by atoms with van der Waals surface area (Å²) in [6.07, 6.45) is 3.13. The van der Waals surface area contributed by atoms with E-state index < -0.39 is 0 Å². The molecule has 0 fully saturated rings. The molecule has 1 amide bonds. The molecule has 0 radical (unpaired) electrons. The fraction of sp³-hybridized carbons (Fsp3) is 0.152. The minimum Gasteiger partial charge on any atom is -0.489 e.